The molecule has 102 valence electrons. The van der Waals surface area contributed by atoms with E-state index in [4.69, 9.17) is 0 Å². The largest absolute Gasteiger partial charge is 0.313 e. The first-order chi connectivity index (χ1) is 9.52. The van der Waals surface area contributed by atoms with Crippen LogP contribution in [0.2, 0.25) is 0 Å². The maximum absolute atomic E-state index is 3.10. The van der Waals surface area contributed by atoms with Crippen LogP contribution in [0.15, 0.2) is 36.4 Å². The Kier molecular flexibility index (Phi) is 4.32. The number of hydrogen-bond acceptors (Lipinski definition) is 2. The van der Waals surface area contributed by atoms with Gasteiger partial charge in [0.05, 0.1) is 0 Å². The fraction of sp³-hybridized carbons (Fsp3) is 0.222. The Hall–Kier alpha value is -2.40. The molecule has 0 atom stereocenters. The quantitative estimate of drug-likeness (QED) is 0.622. The van der Waals surface area contributed by atoms with Crippen molar-refractivity contribution in [3.05, 3.63) is 58.7 Å². The van der Waals surface area contributed by atoms with Gasteiger partial charge in [0.15, 0.2) is 0 Å². The minimum Gasteiger partial charge on any atom is -0.313 e. The Labute approximate surface area is 121 Å². The third-order valence-corrected chi connectivity index (χ3v) is 2.92. The van der Waals surface area contributed by atoms with E-state index < -0.39 is 0 Å². The molecule has 20 heavy (non-hydrogen) atoms. The minimum atomic E-state index is 1.03. The Balaban J connectivity index is 2.01. The lowest BCUT2D eigenvalue weighted by Crippen LogP contribution is -1.94. The zero-order valence-corrected chi connectivity index (χ0v) is 12.5. The summed E-state index contributed by atoms with van der Waals surface area (Å²) in [5, 5.41) is 6.20. The highest BCUT2D eigenvalue weighted by Gasteiger charge is 1.94. The summed E-state index contributed by atoms with van der Waals surface area (Å²) in [7, 11) is 0. The van der Waals surface area contributed by atoms with Crippen molar-refractivity contribution >= 4 is 11.4 Å². The van der Waals surface area contributed by atoms with Gasteiger partial charge in [0.1, 0.15) is 0 Å². The highest BCUT2D eigenvalue weighted by Crippen LogP contribution is 2.14. The van der Waals surface area contributed by atoms with Crippen LogP contribution in [-0.2, 0) is 0 Å². The average Bonchev–Trinajstić information content (AvgIpc) is 2.32. The van der Waals surface area contributed by atoms with Gasteiger partial charge >= 0.3 is 0 Å². The summed E-state index contributed by atoms with van der Waals surface area (Å²) in [6.45, 7) is 8.33. The molecule has 2 aromatic rings. The van der Waals surface area contributed by atoms with Crippen LogP contribution in [0.4, 0.5) is 11.4 Å². The molecule has 0 aliphatic rings. The van der Waals surface area contributed by atoms with Gasteiger partial charge in [-0.2, -0.15) is 0 Å². The molecule has 0 heterocycles. The van der Waals surface area contributed by atoms with Crippen LogP contribution in [0.5, 0.6) is 0 Å². The number of nitrogens with one attached hydrogen (secondary N) is 2. The molecular formula is C18H20N2. The number of rotatable bonds is 2. The second kappa shape index (κ2) is 6.16. The van der Waals surface area contributed by atoms with Crippen LogP contribution in [0.1, 0.15) is 22.3 Å². The predicted octanol–water partition coefficient (Wildman–Crippen LogP) is 4.36. The van der Waals surface area contributed by atoms with Gasteiger partial charge in [0.2, 0.25) is 0 Å². The fourth-order valence-corrected chi connectivity index (χ4v) is 2.30. The molecular weight excluding hydrogens is 244 g/mol. The molecule has 2 heteroatoms. The van der Waals surface area contributed by atoms with Crippen molar-refractivity contribution in [3.63, 3.8) is 0 Å². The number of anilines is 2. The van der Waals surface area contributed by atoms with Crippen molar-refractivity contribution < 1.29 is 0 Å². The lowest BCUT2D eigenvalue weighted by atomic mass is 10.1. The van der Waals surface area contributed by atoms with Gasteiger partial charge in [0.25, 0.3) is 0 Å². The zero-order valence-electron chi connectivity index (χ0n) is 12.5. The van der Waals surface area contributed by atoms with Crippen LogP contribution < -0.4 is 10.6 Å². The zero-order chi connectivity index (χ0) is 14.5. The molecule has 0 bridgehead atoms. The third kappa shape index (κ3) is 4.07. The molecule has 0 fully saturated rings. The second-order valence-corrected chi connectivity index (χ2v) is 5.25. The van der Waals surface area contributed by atoms with Crippen LogP contribution in [0.25, 0.3) is 0 Å². The van der Waals surface area contributed by atoms with Crippen molar-refractivity contribution in [1.29, 1.82) is 0 Å². The molecule has 0 radical (unpaired) electrons. The van der Waals surface area contributed by atoms with Gasteiger partial charge in [-0.1, -0.05) is 12.1 Å². The van der Waals surface area contributed by atoms with Crippen molar-refractivity contribution in [2.75, 3.05) is 10.6 Å². The maximum atomic E-state index is 3.10. The van der Waals surface area contributed by atoms with E-state index >= 15 is 0 Å². The van der Waals surface area contributed by atoms with Crippen molar-refractivity contribution in [3.8, 4) is 12.1 Å². The molecule has 0 aliphatic heterocycles. The molecule has 0 aliphatic carbocycles. The number of aryl methyl sites for hydroxylation is 4. The van der Waals surface area contributed by atoms with E-state index in [1.165, 1.54) is 22.3 Å². The SMILES string of the molecule is Cc1cc(C)cc(NC#CNc2cc(C)cc(C)c2)c1. The van der Waals surface area contributed by atoms with Gasteiger partial charge in [-0.25, -0.2) is 0 Å². The fourth-order valence-electron chi connectivity index (χ4n) is 2.30. The van der Waals surface area contributed by atoms with Gasteiger partial charge in [-0.15, -0.1) is 0 Å². The lowest BCUT2D eigenvalue weighted by molar-refractivity contribution is 1.38. The summed E-state index contributed by atoms with van der Waals surface area (Å²) < 4.78 is 0. The van der Waals surface area contributed by atoms with Crippen molar-refractivity contribution in [1.82, 2.24) is 0 Å². The molecule has 0 unspecified atom stereocenters. The average molecular weight is 264 g/mol. The van der Waals surface area contributed by atoms with E-state index in [1.807, 2.05) is 0 Å². The van der Waals surface area contributed by atoms with Gasteiger partial charge in [-0.05, 0) is 74.2 Å². The molecule has 0 aromatic heterocycles. The molecule has 2 nitrogen and oxygen atoms in total. The summed E-state index contributed by atoms with van der Waals surface area (Å²) in [5.74, 6) is 0. The molecule has 0 saturated heterocycles. The molecule has 2 aromatic carbocycles. The maximum Gasteiger partial charge on any atom is 0.0464 e. The smallest absolute Gasteiger partial charge is 0.0464 e. The van der Waals surface area contributed by atoms with Crippen molar-refractivity contribution in [2.24, 2.45) is 0 Å². The topological polar surface area (TPSA) is 24.1 Å². The third-order valence-electron chi connectivity index (χ3n) is 2.92. The van der Waals surface area contributed by atoms with E-state index in [9.17, 15) is 0 Å². The Bertz CT molecular complexity index is 578. The predicted molar refractivity (Wildman–Crippen MR) is 86.9 cm³/mol. The van der Waals surface area contributed by atoms with E-state index in [0.717, 1.165) is 11.4 Å². The first-order valence-corrected chi connectivity index (χ1v) is 6.71. The first kappa shape index (κ1) is 14.0. The van der Waals surface area contributed by atoms with Crippen LogP contribution in [0.3, 0.4) is 0 Å². The second-order valence-electron chi connectivity index (χ2n) is 5.25. The normalized spacial score (nSPS) is 9.60. The molecule has 0 saturated carbocycles. The summed E-state index contributed by atoms with van der Waals surface area (Å²) in [4.78, 5) is 0. The molecule has 0 amide bonds. The number of hydrogen-bond donors (Lipinski definition) is 2. The molecule has 2 rings (SSSR count). The van der Waals surface area contributed by atoms with E-state index in [1.54, 1.807) is 0 Å². The highest BCUT2D eigenvalue weighted by atomic mass is 14.9. The lowest BCUT2D eigenvalue weighted by Gasteiger charge is -2.03. The van der Waals surface area contributed by atoms with E-state index in [2.05, 4.69) is 86.8 Å². The minimum absolute atomic E-state index is 1.03. The van der Waals surface area contributed by atoms with Gasteiger partial charge in [0, 0.05) is 23.5 Å². The summed E-state index contributed by atoms with van der Waals surface area (Å²) in [6.07, 6.45) is 0. The van der Waals surface area contributed by atoms with Crippen molar-refractivity contribution in [2.45, 2.75) is 27.7 Å². The van der Waals surface area contributed by atoms with Gasteiger partial charge in [-0.3, -0.25) is 0 Å². The standard InChI is InChI=1S/C18H20N2/c1-13-7-14(2)10-17(9-13)19-5-6-20-18-11-15(3)8-16(4)12-18/h7-12,19-20H,1-4H3. The number of benzene rings is 2. The van der Waals surface area contributed by atoms with E-state index in [-0.39, 0.29) is 0 Å². The molecule has 2 N–H and O–H groups in total. The Morgan fingerprint density at radius 2 is 0.850 bits per heavy atom. The van der Waals surface area contributed by atoms with Crippen LogP contribution in [-0.4, -0.2) is 0 Å². The van der Waals surface area contributed by atoms with E-state index in [0.29, 0.717) is 0 Å². The monoisotopic (exact) mass is 264 g/mol. The van der Waals surface area contributed by atoms with Crippen LogP contribution in [0, 0.1) is 39.8 Å². The summed E-state index contributed by atoms with van der Waals surface area (Å²) in [6, 6.07) is 18.5. The molecule has 0 spiro atoms. The highest BCUT2D eigenvalue weighted by molar-refractivity contribution is 5.55. The first-order valence-electron chi connectivity index (χ1n) is 6.71. The summed E-state index contributed by atoms with van der Waals surface area (Å²) >= 11 is 0. The summed E-state index contributed by atoms with van der Waals surface area (Å²) in [5.41, 5.74) is 6.98. The Morgan fingerprint density at radius 3 is 1.15 bits per heavy atom. The van der Waals surface area contributed by atoms with Crippen LogP contribution >= 0.6 is 0 Å². The Morgan fingerprint density at radius 1 is 0.550 bits per heavy atom. The van der Waals surface area contributed by atoms with Gasteiger partial charge < -0.3 is 10.6 Å².